The molecule has 2 unspecified atom stereocenters. The number of carbonyl (C=O) groups is 2. The smallest absolute Gasteiger partial charge is 0.313 e. The Morgan fingerprint density at radius 1 is 1.39 bits per heavy atom. The summed E-state index contributed by atoms with van der Waals surface area (Å²) >= 11 is 0. The van der Waals surface area contributed by atoms with Crippen molar-refractivity contribution in [2.45, 2.75) is 45.8 Å². The minimum atomic E-state index is -3.93. The second kappa shape index (κ2) is 9.13. The Labute approximate surface area is 163 Å². The standard InChI is InChI=1S/C18H26FN2O6P/c1-18(2,3)17(23)26-12-27-28(25,15-9-6-10-21(24)16(15)22)20-11-13-7-4-5-8-14(13)19/h4-5,7-8,15,24H,6,9-12H2,1-3H3,(H,20,25). The number of rotatable bonds is 7. The highest BCUT2D eigenvalue weighted by molar-refractivity contribution is 7.58. The summed E-state index contributed by atoms with van der Waals surface area (Å²) in [5, 5.41) is 12.8. The lowest BCUT2D eigenvalue weighted by molar-refractivity contribution is -0.169. The van der Waals surface area contributed by atoms with E-state index in [-0.39, 0.29) is 25.1 Å². The lowest BCUT2D eigenvalue weighted by atomic mass is 9.98. The molecule has 1 aliphatic heterocycles. The molecule has 0 radical (unpaired) electrons. The maximum atomic E-state index is 13.9. The highest BCUT2D eigenvalue weighted by Gasteiger charge is 2.44. The van der Waals surface area contributed by atoms with E-state index in [1.165, 1.54) is 18.2 Å². The first-order valence-electron chi connectivity index (χ1n) is 8.95. The molecule has 28 heavy (non-hydrogen) atoms. The molecule has 0 aromatic heterocycles. The number of hydrogen-bond donors (Lipinski definition) is 2. The van der Waals surface area contributed by atoms with Crippen molar-refractivity contribution in [3.05, 3.63) is 35.6 Å². The van der Waals surface area contributed by atoms with E-state index < -0.39 is 43.1 Å². The van der Waals surface area contributed by atoms with Gasteiger partial charge in [0.2, 0.25) is 0 Å². The van der Waals surface area contributed by atoms with Crippen molar-refractivity contribution in [2.24, 2.45) is 5.41 Å². The first kappa shape index (κ1) is 22.5. The lowest BCUT2D eigenvalue weighted by Gasteiger charge is -2.32. The van der Waals surface area contributed by atoms with Crippen molar-refractivity contribution < 1.29 is 33.0 Å². The van der Waals surface area contributed by atoms with Gasteiger partial charge in [0, 0.05) is 18.7 Å². The molecule has 1 heterocycles. The topological polar surface area (TPSA) is 105 Å². The predicted octanol–water partition coefficient (Wildman–Crippen LogP) is 3.05. The van der Waals surface area contributed by atoms with Crippen molar-refractivity contribution in [2.75, 3.05) is 13.3 Å². The fourth-order valence-electron chi connectivity index (χ4n) is 2.61. The van der Waals surface area contributed by atoms with Crippen molar-refractivity contribution in [3.63, 3.8) is 0 Å². The average Bonchev–Trinajstić information content (AvgIpc) is 2.62. The minimum Gasteiger partial charge on any atom is -0.438 e. The molecule has 1 aliphatic rings. The Balaban J connectivity index is 2.15. The Morgan fingerprint density at radius 3 is 2.71 bits per heavy atom. The summed E-state index contributed by atoms with van der Waals surface area (Å²) in [6, 6.07) is 5.91. The molecule has 2 N–H and O–H groups in total. The van der Waals surface area contributed by atoms with Crippen LogP contribution in [0.25, 0.3) is 0 Å². The Morgan fingerprint density at radius 2 is 2.07 bits per heavy atom. The van der Waals surface area contributed by atoms with Crippen LogP contribution in [0.2, 0.25) is 0 Å². The summed E-state index contributed by atoms with van der Waals surface area (Å²) in [7, 11) is -3.93. The minimum absolute atomic E-state index is 0.127. The first-order valence-corrected chi connectivity index (χ1v) is 10.6. The third-order valence-corrected chi connectivity index (χ3v) is 6.68. The summed E-state index contributed by atoms with van der Waals surface area (Å²) in [6.45, 7) is 4.29. The largest absolute Gasteiger partial charge is 0.438 e. The number of esters is 1. The van der Waals surface area contributed by atoms with E-state index in [1.54, 1.807) is 26.8 Å². The number of nitrogens with one attached hydrogen (secondary N) is 1. The Kier molecular flexibility index (Phi) is 7.33. The second-order valence-electron chi connectivity index (χ2n) is 7.57. The molecule has 2 atom stereocenters. The van der Waals surface area contributed by atoms with Crippen LogP contribution in [0, 0.1) is 11.2 Å². The number of amides is 1. The van der Waals surface area contributed by atoms with Crippen molar-refractivity contribution in [1.29, 1.82) is 0 Å². The highest BCUT2D eigenvalue weighted by atomic mass is 31.2. The van der Waals surface area contributed by atoms with E-state index in [2.05, 4.69) is 5.09 Å². The van der Waals surface area contributed by atoms with Crippen LogP contribution in [0.4, 0.5) is 4.39 Å². The van der Waals surface area contributed by atoms with Crippen LogP contribution >= 0.6 is 7.52 Å². The quantitative estimate of drug-likeness (QED) is 0.305. The molecule has 8 nitrogen and oxygen atoms in total. The molecule has 156 valence electrons. The van der Waals surface area contributed by atoms with Gasteiger partial charge in [-0.15, -0.1) is 0 Å². The van der Waals surface area contributed by atoms with Gasteiger partial charge in [-0.1, -0.05) is 18.2 Å². The SMILES string of the molecule is CC(C)(C)C(=O)OCOP(=O)(NCc1ccccc1F)C1CCCN(O)C1=O. The van der Waals surface area contributed by atoms with E-state index >= 15 is 0 Å². The molecule has 0 bridgehead atoms. The normalized spacial score (nSPS) is 20.0. The van der Waals surface area contributed by atoms with Gasteiger partial charge in [-0.05, 0) is 39.7 Å². The molecule has 1 amide bonds. The average molecular weight is 416 g/mol. The van der Waals surface area contributed by atoms with E-state index in [4.69, 9.17) is 9.26 Å². The van der Waals surface area contributed by atoms with Gasteiger partial charge in [0.25, 0.3) is 13.4 Å². The fourth-order valence-corrected chi connectivity index (χ4v) is 4.65. The molecule has 0 spiro atoms. The second-order valence-corrected chi connectivity index (χ2v) is 9.96. The Hall–Kier alpha value is -1.80. The molecule has 1 aromatic carbocycles. The third-order valence-electron chi connectivity index (χ3n) is 4.29. The Bertz CT molecular complexity index is 767. The number of hydrogen-bond acceptors (Lipinski definition) is 6. The number of hydroxylamine groups is 2. The van der Waals surface area contributed by atoms with Crippen LogP contribution in [0.3, 0.4) is 0 Å². The van der Waals surface area contributed by atoms with Crippen LogP contribution in [-0.4, -0.2) is 41.1 Å². The zero-order valence-corrected chi connectivity index (χ0v) is 17.1. The monoisotopic (exact) mass is 416 g/mol. The number of halogens is 1. The summed E-state index contributed by atoms with van der Waals surface area (Å²) < 4.78 is 37.6. The van der Waals surface area contributed by atoms with E-state index in [0.29, 0.717) is 11.5 Å². The fraction of sp³-hybridized carbons (Fsp3) is 0.556. The highest BCUT2D eigenvalue weighted by Crippen LogP contribution is 2.51. The molecule has 0 saturated carbocycles. The third kappa shape index (κ3) is 5.61. The molecule has 1 fully saturated rings. The zero-order valence-electron chi connectivity index (χ0n) is 16.2. The van der Waals surface area contributed by atoms with Crippen LogP contribution < -0.4 is 5.09 Å². The van der Waals surface area contributed by atoms with Gasteiger partial charge in [-0.3, -0.25) is 23.9 Å². The van der Waals surface area contributed by atoms with Crippen molar-refractivity contribution in [3.8, 4) is 0 Å². The maximum Gasteiger partial charge on any atom is 0.313 e. The maximum absolute atomic E-state index is 13.9. The van der Waals surface area contributed by atoms with Gasteiger partial charge >= 0.3 is 5.97 Å². The first-order chi connectivity index (χ1) is 13.0. The zero-order chi connectivity index (χ0) is 20.9. The molecule has 10 heteroatoms. The molecule has 1 aromatic rings. The predicted molar refractivity (Wildman–Crippen MR) is 98.9 cm³/mol. The van der Waals surface area contributed by atoms with Gasteiger partial charge < -0.3 is 4.74 Å². The lowest BCUT2D eigenvalue weighted by Crippen LogP contribution is -2.44. The van der Waals surface area contributed by atoms with Crippen LogP contribution in [0.5, 0.6) is 0 Å². The number of nitrogens with zero attached hydrogens (tertiary/aromatic N) is 1. The van der Waals surface area contributed by atoms with E-state index in [0.717, 1.165) is 0 Å². The van der Waals surface area contributed by atoms with Gasteiger partial charge in [-0.2, -0.15) is 0 Å². The van der Waals surface area contributed by atoms with E-state index in [9.17, 15) is 23.8 Å². The number of ether oxygens (including phenoxy) is 1. The molecular formula is C18H26FN2O6P. The molecule has 1 saturated heterocycles. The van der Waals surface area contributed by atoms with Crippen LogP contribution in [0.15, 0.2) is 24.3 Å². The number of piperidine rings is 1. The van der Waals surface area contributed by atoms with Gasteiger partial charge in [0.1, 0.15) is 11.5 Å². The van der Waals surface area contributed by atoms with Gasteiger partial charge in [0.15, 0.2) is 6.79 Å². The summed E-state index contributed by atoms with van der Waals surface area (Å²) in [4.78, 5) is 24.2. The summed E-state index contributed by atoms with van der Waals surface area (Å²) in [5.41, 5.74) is -1.70. The molecule has 2 rings (SSSR count). The molecule has 0 aliphatic carbocycles. The van der Waals surface area contributed by atoms with Crippen LogP contribution in [-0.2, 0) is 30.0 Å². The number of benzene rings is 1. The summed E-state index contributed by atoms with van der Waals surface area (Å²) in [6.07, 6.45) is 0.633. The van der Waals surface area contributed by atoms with Crippen molar-refractivity contribution >= 4 is 19.4 Å². The van der Waals surface area contributed by atoms with Crippen molar-refractivity contribution in [1.82, 2.24) is 10.2 Å². The molecular weight excluding hydrogens is 390 g/mol. The van der Waals surface area contributed by atoms with Gasteiger partial charge in [-0.25, -0.2) is 14.5 Å². The van der Waals surface area contributed by atoms with E-state index in [1.807, 2.05) is 0 Å². The van der Waals surface area contributed by atoms with Crippen LogP contribution in [0.1, 0.15) is 39.2 Å². The summed E-state index contributed by atoms with van der Waals surface area (Å²) in [5.74, 6) is -1.82. The van der Waals surface area contributed by atoms with Gasteiger partial charge in [0.05, 0.1) is 5.41 Å². The number of carbonyl (C=O) groups excluding carboxylic acids is 2.